The second-order valence-corrected chi connectivity index (χ2v) is 6.58. The molecular weight excluding hydrogens is 357 g/mol. The van der Waals surface area contributed by atoms with Crippen LogP contribution in [0.5, 0.6) is 0 Å². The number of hydrogen-bond donors (Lipinski definition) is 2. The van der Waals surface area contributed by atoms with Crippen molar-refractivity contribution in [3.8, 4) is 0 Å². The van der Waals surface area contributed by atoms with Gasteiger partial charge >= 0.3 is 0 Å². The first-order chi connectivity index (χ1) is 13.5. The molecule has 0 aliphatic heterocycles. The first-order valence-electron chi connectivity index (χ1n) is 9.11. The Balaban J connectivity index is 1.55. The fourth-order valence-corrected chi connectivity index (χ4v) is 3.17. The minimum atomic E-state index is -0.571. The Morgan fingerprint density at radius 2 is 1.64 bits per heavy atom. The molecule has 0 spiro atoms. The number of nitrogens with zero attached hydrogens (tertiary/aromatic N) is 1. The van der Waals surface area contributed by atoms with Crippen LogP contribution in [0.3, 0.4) is 0 Å². The van der Waals surface area contributed by atoms with E-state index in [1.165, 1.54) is 18.2 Å². The molecule has 5 nitrogen and oxygen atoms in total. The summed E-state index contributed by atoms with van der Waals surface area (Å²) in [5, 5.41) is 6.42. The van der Waals surface area contributed by atoms with E-state index < -0.39 is 11.7 Å². The van der Waals surface area contributed by atoms with Gasteiger partial charge in [0.05, 0.1) is 17.5 Å². The van der Waals surface area contributed by atoms with E-state index in [4.69, 9.17) is 0 Å². The molecule has 144 valence electrons. The van der Waals surface area contributed by atoms with Gasteiger partial charge in [-0.3, -0.25) is 14.6 Å². The number of aromatic nitrogens is 1. The molecule has 0 saturated heterocycles. The highest BCUT2D eigenvalue weighted by Crippen LogP contribution is 2.22. The predicted molar refractivity (Wildman–Crippen MR) is 107 cm³/mol. The van der Waals surface area contributed by atoms with Gasteiger partial charge in [0.25, 0.3) is 5.91 Å². The first-order valence-corrected chi connectivity index (χ1v) is 9.11. The van der Waals surface area contributed by atoms with Crippen LogP contribution >= 0.6 is 0 Å². The van der Waals surface area contributed by atoms with Gasteiger partial charge in [-0.15, -0.1) is 0 Å². The Morgan fingerprint density at radius 1 is 0.964 bits per heavy atom. The Labute approximate surface area is 163 Å². The SMILES string of the molecule is Cc1nc2ccccc2c(C)c1CC(=O)NCCNC(=O)c1ccccc1F. The molecule has 0 radical (unpaired) electrons. The molecule has 0 aliphatic carbocycles. The van der Waals surface area contributed by atoms with E-state index in [9.17, 15) is 14.0 Å². The molecule has 1 heterocycles. The van der Waals surface area contributed by atoms with E-state index in [-0.39, 0.29) is 31.0 Å². The van der Waals surface area contributed by atoms with Gasteiger partial charge in [0.1, 0.15) is 5.82 Å². The second-order valence-electron chi connectivity index (χ2n) is 6.58. The molecule has 0 aliphatic rings. The van der Waals surface area contributed by atoms with Crippen LogP contribution in [0.4, 0.5) is 4.39 Å². The van der Waals surface area contributed by atoms with Gasteiger partial charge in [-0.25, -0.2) is 4.39 Å². The molecule has 0 fully saturated rings. The van der Waals surface area contributed by atoms with Crippen LogP contribution in [-0.2, 0) is 11.2 Å². The van der Waals surface area contributed by atoms with Crippen LogP contribution in [0, 0.1) is 19.7 Å². The van der Waals surface area contributed by atoms with Crippen molar-refractivity contribution < 1.29 is 14.0 Å². The summed E-state index contributed by atoms with van der Waals surface area (Å²) in [6, 6.07) is 13.6. The topological polar surface area (TPSA) is 71.1 Å². The summed E-state index contributed by atoms with van der Waals surface area (Å²) < 4.78 is 13.6. The number of nitrogens with one attached hydrogen (secondary N) is 2. The maximum atomic E-state index is 13.6. The van der Waals surface area contributed by atoms with Crippen molar-refractivity contribution in [3.63, 3.8) is 0 Å². The van der Waals surface area contributed by atoms with Crippen molar-refractivity contribution in [2.45, 2.75) is 20.3 Å². The standard InChI is InChI=1S/C22H22FN3O2/c1-14-16-7-4-6-10-20(16)26-15(2)18(14)13-21(27)24-11-12-25-22(28)17-8-3-5-9-19(17)23/h3-10H,11-13H2,1-2H3,(H,24,27)(H,25,28). The van der Waals surface area contributed by atoms with Gasteiger partial charge in [-0.1, -0.05) is 30.3 Å². The summed E-state index contributed by atoms with van der Waals surface area (Å²) >= 11 is 0. The Hall–Kier alpha value is -3.28. The number of halogens is 1. The van der Waals surface area contributed by atoms with Gasteiger partial charge in [-0.2, -0.15) is 0 Å². The number of carbonyl (C=O) groups excluding carboxylic acids is 2. The summed E-state index contributed by atoms with van der Waals surface area (Å²) in [6.07, 6.45) is 0.219. The predicted octanol–water partition coefficient (Wildman–Crippen LogP) is 3.08. The van der Waals surface area contributed by atoms with Crippen LogP contribution < -0.4 is 10.6 Å². The van der Waals surface area contributed by atoms with E-state index in [2.05, 4.69) is 15.6 Å². The number of pyridine rings is 1. The number of rotatable bonds is 6. The third-order valence-corrected chi connectivity index (χ3v) is 4.67. The largest absolute Gasteiger partial charge is 0.354 e. The van der Waals surface area contributed by atoms with Gasteiger partial charge in [0, 0.05) is 24.2 Å². The van der Waals surface area contributed by atoms with Gasteiger partial charge < -0.3 is 10.6 Å². The third-order valence-electron chi connectivity index (χ3n) is 4.67. The fraction of sp³-hybridized carbons (Fsp3) is 0.227. The Kier molecular flexibility index (Phi) is 5.99. The molecule has 0 saturated carbocycles. The summed E-state index contributed by atoms with van der Waals surface area (Å²) in [4.78, 5) is 28.8. The van der Waals surface area contributed by atoms with Crippen LogP contribution in [0.25, 0.3) is 10.9 Å². The lowest BCUT2D eigenvalue weighted by Crippen LogP contribution is -2.35. The molecule has 1 aromatic heterocycles. The van der Waals surface area contributed by atoms with Crippen molar-refractivity contribution in [3.05, 3.63) is 76.7 Å². The number of carbonyl (C=O) groups is 2. The van der Waals surface area contributed by atoms with Gasteiger partial charge in [0.15, 0.2) is 0 Å². The first kappa shape index (κ1) is 19.5. The van der Waals surface area contributed by atoms with E-state index >= 15 is 0 Å². The molecule has 28 heavy (non-hydrogen) atoms. The Bertz CT molecular complexity index is 1030. The maximum absolute atomic E-state index is 13.6. The molecule has 2 aromatic carbocycles. The zero-order valence-corrected chi connectivity index (χ0v) is 15.9. The summed E-state index contributed by atoms with van der Waals surface area (Å²) in [7, 11) is 0. The Morgan fingerprint density at radius 3 is 2.43 bits per heavy atom. The van der Waals surface area contributed by atoms with Gasteiger partial charge in [-0.05, 0) is 43.2 Å². The number of amides is 2. The van der Waals surface area contributed by atoms with Crippen LogP contribution in [0.2, 0.25) is 0 Å². The molecule has 2 N–H and O–H groups in total. The molecule has 2 amide bonds. The smallest absolute Gasteiger partial charge is 0.254 e. The summed E-state index contributed by atoms with van der Waals surface area (Å²) in [6.45, 7) is 4.37. The van der Waals surface area contributed by atoms with E-state index in [1.807, 2.05) is 38.1 Å². The number of hydrogen-bond acceptors (Lipinski definition) is 3. The molecule has 6 heteroatoms. The molecule has 0 unspecified atom stereocenters. The van der Waals surface area contributed by atoms with E-state index in [0.29, 0.717) is 0 Å². The zero-order valence-electron chi connectivity index (χ0n) is 15.9. The molecule has 0 bridgehead atoms. The average molecular weight is 379 g/mol. The lowest BCUT2D eigenvalue weighted by atomic mass is 9.99. The maximum Gasteiger partial charge on any atom is 0.254 e. The monoisotopic (exact) mass is 379 g/mol. The minimum absolute atomic E-state index is 0.0117. The molecule has 3 aromatic rings. The highest BCUT2D eigenvalue weighted by molar-refractivity contribution is 5.94. The van der Waals surface area contributed by atoms with Crippen molar-refractivity contribution in [1.82, 2.24) is 15.6 Å². The molecule has 3 rings (SSSR count). The minimum Gasteiger partial charge on any atom is -0.354 e. The van der Waals surface area contributed by atoms with Crippen LogP contribution in [-0.4, -0.2) is 29.9 Å². The van der Waals surface area contributed by atoms with Crippen molar-refractivity contribution in [1.29, 1.82) is 0 Å². The van der Waals surface area contributed by atoms with Crippen molar-refractivity contribution in [2.75, 3.05) is 13.1 Å². The third kappa shape index (κ3) is 4.34. The fourth-order valence-electron chi connectivity index (χ4n) is 3.17. The van der Waals surface area contributed by atoms with Crippen LogP contribution in [0.15, 0.2) is 48.5 Å². The lowest BCUT2D eigenvalue weighted by Gasteiger charge is -2.13. The average Bonchev–Trinajstić information content (AvgIpc) is 2.68. The number of para-hydroxylation sites is 1. The number of aryl methyl sites for hydroxylation is 2. The van der Waals surface area contributed by atoms with Crippen molar-refractivity contribution >= 4 is 22.7 Å². The normalized spacial score (nSPS) is 10.7. The second kappa shape index (κ2) is 8.61. The number of benzene rings is 2. The van der Waals surface area contributed by atoms with Crippen LogP contribution in [0.1, 0.15) is 27.2 Å². The van der Waals surface area contributed by atoms with Crippen molar-refractivity contribution in [2.24, 2.45) is 0 Å². The summed E-state index contributed by atoms with van der Waals surface area (Å²) in [5.74, 6) is -1.22. The highest BCUT2D eigenvalue weighted by Gasteiger charge is 2.13. The van der Waals surface area contributed by atoms with E-state index in [1.54, 1.807) is 6.07 Å². The van der Waals surface area contributed by atoms with E-state index in [0.717, 1.165) is 27.7 Å². The quantitative estimate of drug-likeness (QED) is 0.647. The number of fused-ring (bicyclic) bond motifs is 1. The molecular formula is C22H22FN3O2. The van der Waals surface area contributed by atoms with Gasteiger partial charge in [0.2, 0.25) is 5.91 Å². The highest BCUT2D eigenvalue weighted by atomic mass is 19.1. The molecule has 0 atom stereocenters. The summed E-state index contributed by atoms with van der Waals surface area (Å²) in [5.41, 5.74) is 3.69. The lowest BCUT2D eigenvalue weighted by molar-refractivity contribution is -0.120. The zero-order chi connectivity index (χ0) is 20.1.